The molecule has 0 radical (unpaired) electrons. The summed E-state index contributed by atoms with van der Waals surface area (Å²) in [5.41, 5.74) is 0. The lowest BCUT2D eigenvalue weighted by atomic mass is 10.4. The number of nitrogens with one attached hydrogen (secondary N) is 1. The van der Waals surface area contributed by atoms with Gasteiger partial charge in [0.15, 0.2) is 0 Å². The summed E-state index contributed by atoms with van der Waals surface area (Å²) in [4.78, 5) is 0. The van der Waals surface area contributed by atoms with Gasteiger partial charge in [0.1, 0.15) is 9.84 Å². The van der Waals surface area contributed by atoms with Gasteiger partial charge < -0.3 is 5.32 Å². The van der Waals surface area contributed by atoms with Crippen molar-refractivity contribution in [1.82, 2.24) is 5.32 Å². The first-order valence-electron chi connectivity index (χ1n) is 4.08. The molecular weight excluding hydrogens is 210 g/mol. The van der Waals surface area contributed by atoms with Crippen LogP contribution in [0.2, 0.25) is 0 Å². The molecule has 0 bridgehead atoms. The first kappa shape index (κ1) is 12.9. The second-order valence-electron chi connectivity index (χ2n) is 3.03. The fourth-order valence-electron chi connectivity index (χ4n) is 0.929. The molecule has 0 aliphatic heterocycles. The maximum absolute atomic E-state index is 10.9. The molecule has 0 rings (SSSR count). The van der Waals surface area contributed by atoms with E-state index in [1.165, 1.54) is 6.26 Å². The van der Waals surface area contributed by atoms with Crippen LogP contribution in [-0.2, 0) is 9.84 Å². The highest BCUT2D eigenvalue weighted by Crippen LogP contribution is 1.89. The Bertz CT molecular complexity index is 249. The van der Waals surface area contributed by atoms with Crippen molar-refractivity contribution in [1.29, 1.82) is 0 Å². The molecule has 0 saturated heterocycles. The molecule has 13 heavy (non-hydrogen) atoms. The normalized spacial score (nSPS) is 15.0. The van der Waals surface area contributed by atoms with Crippen molar-refractivity contribution in [3.05, 3.63) is 12.2 Å². The first-order valence-corrected chi connectivity index (χ1v) is 6.67. The van der Waals surface area contributed by atoms with Crippen molar-refractivity contribution >= 4 is 21.4 Å². The lowest BCUT2D eigenvalue weighted by molar-refractivity contribution is 0.576. The monoisotopic (exact) mass is 225 g/mol. The third-order valence-corrected chi connectivity index (χ3v) is 2.68. The van der Waals surface area contributed by atoms with Crippen LogP contribution in [0.4, 0.5) is 0 Å². The van der Waals surface area contributed by atoms with E-state index < -0.39 is 9.84 Å². The van der Waals surface area contributed by atoms with Crippen LogP contribution in [0, 0.1) is 0 Å². The van der Waals surface area contributed by atoms with Crippen LogP contribution in [0.1, 0.15) is 6.92 Å². The van der Waals surface area contributed by atoms with E-state index in [-0.39, 0.29) is 11.8 Å². The molecule has 0 heterocycles. The van der Waals surface area contributed by atoms with Crippen LogP contribution < -0.4 is 5.32 Å². The third-order valence-electron chi connectivity index (χ3n) is 1.39. The molecule has 0 aromatic heterocycles. The minimum atomic E-state index is -2.88. The van der Waals surface area contributed by atoms with Gasteiger partial charge in [-0.05, 0) is 6.92 Å². The SMILES string of the molecule is CC(CS(C)(=O)=O)NC/C=C/CCl. The molecule has 1 unspecified atom stereocenters. The average Bonchev–Trinajstić information content (AvgIpc) is 1.94. The summed E-state index contributed by atoms with van der Waals surface area (Å²) in [6.07, 6.45) is 4.94. The second kappa shape index (κ2) is 6.40. The Morgan fingerprint density at radius 2 is 2.08 bits per heavy atom. The van der Waals surface area contributed by atoms with Crippen molar-refractivity contribution in [2.45, 2.75) is 13.0 Å². The van der Waals surface area contributed by atoms with Gasteiger partial charge >= 0.3 is 0 Å². The van der Waals surface area contributed by atoms with E-state index in [1.54, 1.807) is 0 Å². The topological polar surface area (TPSA) is 46.2 Å². The molecule has 0 amide bonds. The average molecular weight is 226 g/mol. The van der Waals surface area contributed by atoms with Gasteiger partial charge in [0.05, 0.1) is 5.75 Å². The van der Waals surface area contributed by atoms with Crippen LogP contribution in [0.5, 0.6) is 0 Å². The molecule has 0 aromatic carbocycles. The number of rotatable bonds is 6. The second-order valence-corrected chi connectivity index (χ2v) is 5.52. The van der Waals surface area contributed by atoms with E-state index in [9.17, 15) is 8.42 Å². The number of allylic oxidation sites excluding steroid dienone is 1. The minimum absolute atomic E-state index is 0.0185. The van der Waals surface area contributed by atoms with Crippen LogP contribution in [0.15, 0.2) is 12.2 Å². The zero-order chi connectivity index (χ0) is 10.3. The molecule has 3 nitrogen and oxygen atoms in total. The van der Waals surface area contributed by atoms with Gasteiger partial charge in [-0.15, -0.1) is 11.6 Å². The highest BCUT2D eigenvalue weighted by molar-refractivity contribution is 7.90. The fraction of sp³-hybridized carbons (Fsp3) is 0.750. The van der Waals surface area contributed by atoms with Gasteiger partial charge in [0.2, 0.25) is 0 Å². The maximum atomic E-state index is 10.9. The third kappa shape index (κ3) is 9.86. The summed E-state index contributed by atoms with van der Waals surface area (Å²) >= 11 is 5.41. The summed E-state index contributed by atoms with van der Waals surface area (Å²) in [7, 11) is -2.88. The van der Waals surface area contributed by atoms with Gasteiger partial charge in [-0.2, -0.15) is 0 Å². The quantitative estimate of drug-likeness (QED) is 0.538. The molecule has 0 fully saturated rings. The Morgan fingerprint density at radius 3 is 2.54 bits per heavy atom. The standard InChI is InChI=1S/C8H16ClNO2S/c1-8(7-13(2,11)12)10-6-4-3-5-9/h3-4,8,10H,5-7H2,1-2H3/b4-3+. The molecule has 78 valence electrons. The Hall–Kier alpha value is -0.0600. The van der Waals surface area contributed by atoms with Gasteiger partial charge in [-0.25, -0.2) is 8.42 Å². The Kier molecular flexibility index (Phi) is 6.37. The zero-order valence-electron chi connectivity index (χ0n) is 7.96. The highest BCUT2D eigenvalue weighted by Gasteiger charge is 2.08. The highest BCUT2D eigenvalue weighted by atomic mass is 35.5. The van der Waals surface area contributed by atoms with Crippen LogP contribution in [-0.4, -0.2) is 38.9 Å². The Morgan fingerprint density at radius 1 is 1.46 bits per heavy atom. The summed E-state index contributed by atoms with van der Waals surface area (Å²) in [6, 6.07) is -0.0185. The fourth-order valence-corrected chi connectivity index (χ4v) is 2.08. The molecule has 0 aliphatic carbocycles. The van der Waals surface area contributed by atoms with Gasteiger partial charge in [0, 0.05) is 24.7 Å². The molecule has 0 saturated carbocycles. The van der Waals surface area contributed by atoms with Crippen molar-refractivity contribution in [2.75, 3.05) is 24.4 Å². The lowest BCUT2D eigenvalue weighted by Gasteiger charge is -2.10. The number of alkyl halides is 1. The lowest BCUT2D eigenvalue weighted by Crippen LogP contribution is -2.32. The van der Waals surface area contributed by atoms with E-state index in [0.717, 1.165) is 0 Å². The van der Waals surface area contributed by atoms with E-state index in [2.05, 4.69) is 5.32 Å². The van der Waals surface area contributed by atoms with Crippen molar-refractivity contribution in [3.63, 3.8) is 0 Å². The summed E-state index contributed by atoms with van der Waals surface area (Å²) in [6.45, 7) is 2.50. The van der Waals surface area contributed by atoms with Crippen LogP contribution in [0.3, 0.4) is 0 Å². The number of halogens is 1. The van der Waals surface area contributed by atoms with Crippen molar-refractivity contribution in [2.24, 2.45) is 0 Å². The molecule has 0 aliphatic rings. The molecule has 0 aromatic rings. The van der Waals surface area contributed by atoms with Crippen molar-refractivity contribution < 1.29 is 8.42 Å². The van der Waals surface area contributed by atoms with Gasteiger partial charge in [-0.3, -0.25) is 0 Å². The van der Waals surface area contributed by atoms with E-state index >= 15 is 0 Å². The summed E-state index contributed by atoms with van der Waals surface area (Å²) in [5.74, 6) is 0.657. The van der Waals surface area contributed by atoms with Gasteiger partial charge in [-0.1, -0.05) is 12.2 Å². The molecule has 5 heteroatoms. The predicted octanol–water partition coefficient (Wildman–Crippen LogP) is 0.804. The minimum Gasteiger partial charge on any atom is -0.310 e. The Balaban J connectivity index is 3.64. The molecule has 0 spiro atoms. The van der Waals surface area contributed by atoms with Crippen LogP contribution in [0.25, 0.3) is 0 Å². The summed E-state index contributed by atoms with van der Waals surface area (Å²) in [5, 5.41) is 3.05. The zero-order valence-corrected chi connectivity index (χ0v) is 9.53. The largest absolute Gasteiger partial charge is 0.310 e. The van der Waals surface area contributed by atoms with Crippen LogP contribution >= 0.6 is 11.6 Å². The molecule has 1 atom stereocenters. The van der Waals surface area contributed by atoms with Gasteiger partial charge in [0.25, 0.3) is 0 Å². The van der Waals surface area contributed by atoms with E-state index in [0.29, 0.717) is 12.4 Å². The number of hydrogen-bond acceptors (Lipinski definition) is 3. The number of hydrogen-bond donors (Lipinski definition) is 1. The first-order chi connectivity index (χ1) is 5.95. The molecular formula is C8H16ClNO2S. The predicted molar refractivity (Wildman–Crippen MR) is 57.0 cm³/mol. The summed E-state index contributed by atoms with van der Waals surface area (Å²) < 4.78 is 21.7. The Labute approximate surface area is 85.1 Å². The smallest absolute Gasteiger partial charge is 0.148 e. The maximum Gasteiger partial charge on any atom is 0.148 e. The molecule has 1 N–H and O–H groups in total. The van der Waals surface area contributed by atoms with Crippen molar-refractivity contribution in [3.8, 4) is 0 Å². The van der Waals surface area contributed by atoms with E-state index in [1.807, 2.05) is 19.1 Å². The number of sulfone groups is 1. The van der Waals surface area contributed by atoms with E-state index in [4.69, 9.17) is 11.6 Å².